The quantitative estimate of drug-likeness (QED) is 0.759. The summed E-state index contributed by atoms with van der Waals surface area (Å²) in [7, 11) is 1.80. The van der Waals surface area contributed by atoms with E-state index in [1.807, 2.05) is 0 Å². The Balaban J connectivity index is 2.33. The van der Waals surface area contributed by atoms with Crippen molar-refractivity contribution in [1.82, 2.24) is 5.32 Å². The highest BCUT2D eigenvalue weighted by Gasteiger charge is 2.23. The van der Waals surface area contributed by atoms with Gasteiger partial charge < -0.3 is 10.1 Å². The molecule has 0 aromatic heterocycles. The Hall–Kier alpha value is 0.270. The number of ether oxygens (including phenoxy) is 1. The van der Waals surface area contributed by atoms with Crippen LogP contribution in [0.5, 0.6) is 0 Å². The number of thioether (sulfide) groups is 1. The summed E-state index contributed by atoms with van der Waals surface area (Å²) in [6, 6.07) is 1.24. The van der Waals surface area contributed by atoms with Crippen molar-refractivity contribution >= 4 is 11.8 Å². The summed E-state index contributed by atoms with van der Waals surface area (Å²) in [6.07, 6.45) is 5.15. The zero-order chi connectivity index (χ0) is 11.1. The van der Waals surface area contributed by atoms with E-state index in [0.29, 0.717) is 12.1 Å². The maximum Gasteiger partial charge on any atom is 0.0615 e. The molecule has 1 rings (SSSR count). The Labute approximate surface area is 98.5 Å². The third-order valence-electron chi connectivity index (χ3n) is 3.06. The van der Waals surface area contributed by atoms with Crippen molar-refractivity contribution in [3.05, 3.63) is 0 Å². The van der Waals surface area contributed by atoms with Crippen LogP contribution >= 0.6 is 11.8 Å². The zero-order valence-corrected chi connectivity index (χ0v) is 11.1. The summed E-state index contributed by atoms with van der Waals surface area (Å²) < 4.78 is 5.26. The van der Waals surface area contributed by atoms with Crippen LogP contribution in [0.1, 0.15) is 39.5 Å². The van der Waals surface area contributed by atoms with Gasteiger partial charge in [0.1, 0.15) is 0 Å². The van der Waals surface area contributed by atoms with Crippen LogP contribution in [-0.4, -0.2) is 36.8 Å². The van der Waals surface area contributed by atoms with Gasteiger partial charge in [0.05, 0.1) is 6.61 Å². The molecule has 1 aliphatic rings. The molecule has 1 fully saturated rings. The Morgan fingerprint density at radius 3 is 2.93 bits per heavy atom. The van der Waals surface area contributed by atoms with Crippen molar-refractivity contribution in [2.45, 2.75) is 56.9 Å². The minimum Gasteiger partial charge on any atom is -0.383 e. The zero-order valence-electron chi connectivity index (χ0n) is 10.3. The third kappa shape index (κ3) is 4.75. The second-order valence-electron chi connectivity index (χ2n) is 4.43. The van der Waals surface area contributed by atoms with Crippen LogP contribution in [0.2, 0.25) is 0 Å². The molecule has 0 spiro atoms. The van der Waals surface area contributed by atoms with Crippen LogP contribution in [0.25, 0.3) is 0 Å². The topological polar surface area (TPSA) is 21.3 Å². The van der Waals surface area contributed by atoms with E-state index < -0.39 is 0 Å². The van der Waals surface area contributed by atoms with E-state index in [1.54, 1.807) is 7.11 Å². The molecule has 2 nitrogen and oxygen atoms in total. The van der Waals surface area contributed by atoms with Crippen LogP contribution < -0.4 is 5.32 Å². The fraction of sp³-hybridized carbons (Fsp3) is 1.00. The van der Waals surface area contributed by atoms with Crippen molar-refractivity contribution in [1.29, 1.82) is 0 Å². The molecular formula is C12H25NOS. The molecule has 0 bridgehead atoms. The molecule has 0 aliphatic carbocycles. The van der Waals surface area contributed by atoms with Crippen molar-refractivity contribution in [3.63, 3.8) is 0 Å². The Kier molecular flexibility index (Phi) is 6.69. The fourth-order valence-electron chi connectivity index (χ4n) is 2.21. The lowest BCUT2D eigenvalue weighted by molar-refractivity contribution is 0.154. The summed E-state index contributed by atoms with van der Waals surface area (Å²) in [5.74, 6) is 1.34. The maximum atomic E-state index is 5.26. The number of rotatable bonds is 6. The SMILES string of the molecule is CCCC(COC)NC1CCCSC1C. The summed E-state index contributed by atoms with van der Waals surface area (Å²) >= 11 is 2.10. The molecule has 0 radical (unpaired) electrons. The number of hydrogen-bond donors (Lipinski definition) is 1. The molecule has 1 N–H and O–H groups in total. The Bertz CT molecular complexity index is 160. The van der Waals surface area contributed by atoms with Gasteiger partial charge >= 0.3 is 0 Å². The molecule has 1 saturated heterocycles. The van der Waals surface area contributed by atoms with Gasteiger partial charge in [-0.3, -0.25) is 0 Å². The largest absolute Gasteiger partial charge is 0.383 e. The summed E-state index contributed by atoms with van der Waals surface area (Å²) in [5, 5.41) is 4.52. The van der Waals surface area contributed by atoms with Crippen LogP contribution in [0.4, 0.5) is 0 Å². The molecule has 0 amide bonds. The highest BCUT2D eigenvalue weighted by atomic mass is 32.2. The molecule has 0 aromatic rings. The van der Waals surface area contributed by atoms with E-state index in [1.165, 1.54) is 31.4 Å². The molecule has 0 aromatic carbocycles. The smallest absolute Gasteiger partial charge is 0.0615 e. The Morgan fingerprint density at radius 2 is 2.33 bits per heavy atom. The molecule has 1 aliphatic heterocycles. The number of nitrogens with one attached hydrogen (secondary N) is 1. The van der Waals surface area contributed by atoms with E-state index in [9.17, 15) is 0 Å². The van der Waals surface area contributed by atoms with Crippen LogP contribution in [0.15, 0.2) is 0 Å². The number of hydrogen-bond acceptors (Lipinski definition) is 3. The molecule has 3 atom stereocenters. The van der Waals surface area contributed by atoms with Gasteiger partial charge in [0.15, 0.2) is 0 Å². The average Bonchev–Trinajstić information content (AvgIpc) is 2.22. The molecule has 15 heavy (non-hydrogen) atoms. The Morgan fingerprint density at radius 1 is 1.53 bits per heavy atom. The van der Waals surface area contributed by atoms with Gasteiger partial charge in [0.2, 0.25) is 0 Å². The first-order valence-electron chi connectivity index (χ1n) is 6.14. The van der Waals surface area contributed by atoms with Crippen molar-refractivity contribution < 1.29 is 4.74 Å². The second kappa shape index (κ2) is 7.53. The van der Waals surface area contributed by atoms with Crippen LogP contribution in [-0.2, 0) is 4.74 Å². The maximum absolute atomic E-state index is 5.26. The molecule has 3 heteroatoms. The average molecular weight is 231 g/mol. The normalized spacial score (nSPS) is 29.0. The minimum absolute atomic E-state index is 0.547. The molecule has 90 valence electrons. The van der Waals surface area contributed by atoms with Gasteiger partial charge in [-0.25, -0.2) is 0 Å². The third-order valence-corrected chi connectivity index (χ3v) is 4.44. The predicted molar refractivity (Wildman–Crippen MR) is 68.6 cm³/mol. The van der Waals surface area contributed by atoms with Crippen molar-refractivity contribution in [2.24, 2.45) is 0 Å². The second-order valence-corrected chi connectivity index (χ2v) is 5.92. The summed E-state index contributed by atoms with van der Waals surface area (Å²) in [6.45, 7) is 5.43. The van der Waals surface area contributed by atoms with E-state index in [4.69, 9.17) is 4.74 Å². The lowest BCUT2D eigenvalue weighted by Crippen LogP contribution is -2.46. The van der Waals surface area contributed by atoms with E-state index in [2.05, 4.69) is 30.9 Å². The van der Waals surface area contributed by atoms with Gasteiger partial charge in [-0.15, -0.1) is 0 Å². The number of methoxy groups -OCH3 is 1. The molecular weight excluding hydrogens is 206 g/mol. The standard InChI is InChI=1S/C12H25NOS/c1-4-6-11(9-14-3)13-12-7-5-8-15-10(12)2/h10-13H,4-9H2,1-3H3. The lowest BCUT2D eigenvalue weighted by Gasteiger charge is -2.32. The van der Waals surface area contributed by atoms with Gasteiger partial charge in [-0.05, 0) is 25.0 Å². The molecule has 0 saturated carbocycles. The highest BCUT2D eigenvalue weighted by Crippen LogP contribution is 2.25. The van der Waals surface area contributed by atoms with Gasteiger partial charge in [-0.2, -0.15) is 11.8 Å². The summed E-state index contributed by atoms with van der Waals surface area (Å²) in [4.78, 5) is 0. The van der Waals surface area contributed by atoms with E-state index in [0.717, 1.165) is 11.9 Å². The van der Waals surface area contributed by atoms with Gasteiger partial charge in [-0.1, -0.05) is 20.3 Å². The molecule has 1 heterocycles. The lowest BCUT2D eigenvalue weighted by atomic mass is 10.1. The first kappa shape index (κ1) is 13.3. The van der Waals surface area contributed by atoms with Gasteiger partial charge in [0.25, 0.3) is 0 Å². The van der Waals surface area contributed by atoms with E-state index in [-0.39, 0.29) is 0 Å². The van der Waals surface area contributed by atoms with Crippen LogP contribution in [0.3, 0.4) is 0 Å². The molecule has 3 unspecified atom stereocenters. The summed E-state index contributed by atoms with van der Waals surface area (Å²) in [5.41, 5.74) is 0. The highest BCUT2D eigenvalue weighted by molar-refractivity contribution is 7.99. The van der Waals surface area contributed by atoms with Crippen LogP contribution in [0, 0.1) is 0 Å². The van der Waals surface area contributed by atoms with Crippen molar-refractivity contribution in [3.8, 4) is 0 Å². The fourth-order valence-corrected chi connectivity index (χ4v) is 3.36. The first-order valence-corrected chi connectivity index (χ1v) is 7.19. The van der Waals surface area contributed by atoms with Crippen molar-refractivity contribution in [2.75, 3.05) is 19.5 Å². The predicted octanol–water partition coefficient (Wildman–Crippen LogP) is 2.68. The van der Waals surface area contributed by atoms with E-state index >= 15 is 0 Å². The monoisotopic (exact) mass is 231 g/mol. The first-order chi connectivity index (χ1) is 7.27. The van der Waals surface area contributed by atoms with Gasteiger partial charge in [0, 0.05) is 24.4 Å². The minimum atomic E-state index is 0.547.